The summed E-state index contributed by atoms with van der Waals surface area (Å²) < 4.78 is 0. The van der Waals surface area contributed by atoms with Gasteiger partial charge in [0, 0.05) is 31.7 Å². The van der Waals surface area contributed by atoms with Crippen LogP contribution in [0, 0.1) is 0 Å². The molecule has 1 atom stereocenters. The van der Waals surface area contributed by atoms with E-state index in [0.717, 1.165) is 38.5 Å². The molecular weight excluding hydrogens is 190 g/mol. The highest BCUT2D eigenvalue weighted by atomic mass is 16.2. The number of nitrogens with one attached hydrogen (secondary N) is 2. The van der Waals surface area contributed by atoms with Crippen LogP contribution in [-0.2, 0) is 0 Å². The zero-order chi connectivity index (χ0) is 10.7. The topological polar surface area (TPSA) is 44.4 Å². The molecule has 86 valence electrons. The maximum absolute atomic E-state index is 11.4. The molecule has 1 unspecified atom stereocenters. The van der Waals surface area contributed by atoms with Crippen LogP contribution in [0.5, 0.6) is 0 Å². The Morgan fingerprint density at radius 2 is 2.20 bits per heavy atom. The lowest BCUT2D eigenvalue weighted by molar-refractivity contribution is 0.236. The van der Waals surface area contributed by atoms with E-state index >= 15 is 0 Å². The van der Waals surface area contributed by atoms with Crippen molar-refractivity contribution in [2.75, 3.05) is 19.6 Å². The zero-order valence-corrected chi connectivity index (χ0v) is 9.46. The first-order valence-electron chi connectivity index (χ1n) is 6.08. The molecule has 0 aromatic rings. The van der Waals surface area contributed by atoms with E-state index in [0.29, 0.717) is 6.04 Å². The summed E-state index contributed by atoms with van der Waals surface area (Å²) in [5.74, 6) is 0. The number of rotatable bonds is 4. The van der Waals surface area contributed by atoms with Crippen LogP contribution in [0.15, 0.2) is 0 Å². The molecule has 4 nitrogen and oxygen atoms in total. The molecule has 0 aromatic carbocycles. The van der Waals surface area contributed by atoms with E-state index in [1.165, 1.54) is 12.8 Å². The van der Waals surface area contributed by atoms with Gasteiger partial charge in [-0.25, -0.2) is 4.79 Å². The Morgan fingerprint density at radius 3 is 2.87 bits per heavy atom. The smallest absolute Gasteiger partial charge is 0.315 e. The third kappa shape index (κ3) is 3.09. The number of carbonyl (C=O) groups is 1. The van der Waals surface area contributed by atoms with Gasteiger partial charge in [-0.15, -0.1) is 0 Å². The number of hydrogen-bond donors (Lipinski definition) is 2. The second kappa shape index (κ2) is 4.84. The van der Waals surface area contributed by atoms with Crippen LogP contribution in [0.1, 0.15) is 32.6 Å². The van der Waals surface area contributed by atoms with Crippen LogP contribution in [0.2, 0.25) is 0 Å². The highest BCUT2D eigenvalue weighted by Crippen LogP contribution is 2.29. The van der Waals surface area contributed by atoms with Gasteiger partial charge < -0.3 is 10.6 Å². The van der Waals surface area contributed by atoms with E-state index in [9.17, 15) is 4.79 Å². The molecule has 2 fully saturated rings. The minimum atomic E-state index is -0.000466. The fourth-order valence-corrected chi connectivity index (χ4v) is 2.15. The summed E-state index contributed by atoms with van der Waals surface area (Å²) in [6.07, 6.45) is 4.81. The maximum Gasteiger partial charge on any atom is 0.315 e. The average molecular weight is 211 g/mol. The number of amides is 2. The van der Waals surface area contributed by atoms with Gasteiger partial charge in [-0.05, 0) is 25.7 Å². The fourth-order valence-electron chi connectivity index (χ4n) is 2.15. The number of carbonyl (C=O) groups excluding carboxylic acids is 1. The fraction of sp³-hybridized carbons (Fsp3) is 0.909. The van der Waals surface area contributed by atoms with Crippen molar-refractivity contribution >= 4 is 6.03 Å². The van der Waals surface area contributed by atoms with Gasteiger partial charge in [0.2, 0.25) is 0 Å². The van der Waals surface area contributed by atoms with Crippen LogP contribution in [-0.4, -0.2) is 42.6 Å². The van der Waals surface area contributed by atoms with Gasteiger partial charge in [0.05, 0.1) is 0 Å². The van der Waals surface area contributed by atoms with Crippen molar-refractivity contribution in [3.8, 4) is 0 Å². The first-order chi connectivity index (χ1) is 7.29. The van der Waals surface area contributed by atoms with E-state index in [1.54, 1.807) is 0 Å². The van der Waals surface area contributed by atoms with Crippen molar-refractivity contribution < 1.29 is 4.79 Å². The Labute approximate surface area is 91.4 Å². The number of urea groups is 1. The standard InChI is InChI=1S/C11H21N3O/c1-2-6-12-11(15)13-9-5-7-14(8-9)10-3-4-10/h9-10H,2-8H2,1H3,(H2,12,13,15). The molecule has 1 aliphatic carbocycles. The van der Waals surface area contributed by atoms with Crippen LogP contribution >= 0.6 is 0 Å². The molecule has 2 amide bonds. The van der Waals surface area contributed by atoms with Gasteiger partial charge in [0.25, 0.3) is 0 Å². The van der Waals surface area contributed by atoms with Gasteiger partial charge in [-0.2, -0.15) is 0 Å². The lowest BCUT2D eigenvalue weighted by Crippen LogP contribution is -2.43. The molecule has 0 radical (unpaired) electrons. The van der Waals surface area contributed by atoms with Crippen molar-refractivity contribution in [2.24, 2.45) is 0 Å². The number of likely N-dealkylation sites (tertiary alicyclic amines) is 1. The summed E-state index contributed by atoms with van der Waals surface area (Å²) in [4.78, 5) is 13.9. The minimum absolute atomic E-state index is 0.000466. The molecule has 1 saturated carbocycles. The summed E-state index contributed by atoms with van der Waals surface area (Å²) in [6, 6.07) is 1.19. The zero-order valence-electron chi connectivity index (χ0n) is 9.46. The van der Waals surface area contributed by atoms with Crippen molar-refractivity contribution in [1.82, 2.24) is 15.5 Å². The predicted molar refractivity (Wildman–Crippen MR) is 59.8 cm³/mol. The van der Waals surface area contributed by atoms with E-state index < -0.39 is 0 Å². The molecule has 1 heterocycles. The number of nitrogens with zero attached hydrogens (tertiary/aromatic N) is 1. The molecule has 0 spiro atoms. The van der Waals surface area contributed by atoms with E-state index in [1.807, 2.05) is 0 Å². The first-order valence-corrected chi connectivity index (χ1v) is 6.08. The summed E-state index contributed by atoms with van der Waals surface area (Å²) >= 11 is 0. The van der Waals surface area contributed by atoms with E-state index in [4.69, 9.17) is 0 Å². The average Bonchev–Trinajstić information content (AvgIpc) is 2.98. The SMILES string of the molecule is CCCNC(=O)NC1CCN(C2CC2)C1. The van der Waals surface area contributed by atoms with Gasteiger partial charge in [-0.3, -0.25) is 4.90 Å². The summed E-state index contributed by atoms with van der Waals surface area (Å²) in [7, 11) is 0. The molecule has 2 N–H and O–H groups in total. The van der Waals surface area contributed by atoms with Gasteiger partial charge in [-0.1, -0.05) is 6.92 Å². The highest BCUT2D eigenvalue weighted by Gasteiger charge is 2.34. The Kier molecular flexibility index (Phi) is 3.46. The van der Waals surface area contributed by atoms with Gasteiger partial charge in [0.1, 0.15) is 0 Å². The molecular formula is C11H21N3O. The normalized spacial score (nSPS) is 26.6. The van der Waals surface area contributed by atoms with Crippen molar-refractivity contribution in [1.29, 1.82) is 0 Å². The highest BCUT2D eigenvalue weighted by molar-refractivity contribution is 5.74. The third-order valence-corrected chi connectivity index (χ3v) is 3.15. The summed E-state index contributed by atoms with van der Waals surface area (Å²) in [5.41, 5.74) is 0. The van der Waals surface area contributed by atoms with Crippen LogP contribution < -0.4 is 10.6 Å². The van der Waals surface area contributed by atoms with Crippen molar-refractivity contribution in [2.45, 2.75) is 44.7 Å². The molecule has 1 saturated heterocycles. The van der Waals surface area contributed by atoms with E-state index in [2.05, 4.69) is 22.5 Å². The maximum atomic E-state index is 11.4. The Hall–Kier alpha value is -0.770. The molecule has 2 aliphatic rings. The Balaban J connectivity index is 1.65. The lowest BCUT2D eigenvalue weighted by atomic mass is 10.3. The Morgan fingerprint density at radius 1 is 1.40 bits per heavy atom. The Bertz CT molecular complexity index is 228. The molecule has 0 aromatic heterocycles. The van der Waals surface area contributed by atoms with Gasteiger partial charge >= 0.3 is 6.03 Å². The van der Waals surface area contributed by atoms with Crippen LogP contribution in [0.3, 0.4) is 0 Å². The largest absolute Gasteiger partial charge is 0.338 e. The monoisotopic (exact) mass is 211 g/mol. The minimum Gasteiger partial charge on any atom is -0.338 e. The van der Waals surface area contributed by atoms with Crippen LogP contribution in [0.25, 0.3) is 0 Å². The van der Waals surface area contributed by atoms with Crippen LogP contribution in [0.4, 0.5) is 4.79 Å². The lowest BCUT2D eigenvalue weighted by Gasteiger charge is -2.15. The second-order valence-electron chi connectivity index (χ2n) is 4.61. The third-order valence-electron chi connectivity index (χ3n) is 3.15. The second-order valence-corrected chi connectivity index (χ2v) is 4.61. The molecule has 4 heteroatoms. The van der Waals surface area contributed by atoms with Crippen molar-refractivity contribution in [3.63, 3.8) is 0 Å². The van der Waals surface area contributed by atoms with E-state index in [-0.39, 0.29) is 6.03 Å². The summed E-state index contributed by atoms with van der Waals surface area (Å²) in [6.45, 7) is 5.03. The molecule has 15 heavy (non-hydrogen) atoms. The van der Waals surface area contributed by atoms with Crippen molar-refractivity contribution in [3.05, 3.63) is 0 Å². The molecule has 1 aliphatic heterocycles. The number of hydrogen-bond acceptors (Lipinski definition) is 2. The summed E-state index contributed by atoms with van der Waals surface area (Å²) in [5, 5.41) is 5.88. The molecule has 2 rings (SSSR count). The predicted octanol–water partition coefficient (Wildman–Crippen LogP) is 0.932. The molecule has 0 bridgehead atoms. The van der Waals surface area contributed by atoms with Gasteiger partial charge in [0.15, 0.2) is 0 Å². The first kappa shape index (κ1) is 10.7. The quantitative estimate of drug-likeness (QED) is 0.726.